The second-order valence-corrected chi connectivity index (χ2v) is 8.01. The minimum absolute atomic E-state index is 0.0429. The van der Waals surface area contributed by atoms with Gasteiger partial charge < -0.3 is 19.3 Å². The van der Waals surface area contributed by atoms with E-state index >= 15 is 0 Å². The minimum atomic E-state index is -0.408. The number of nitro groups is 1. The predicted molar refractivity (Wildman–Crippen MR) is 110 cm³/mol. The molecule has 0 spiro atoms. The fourth-order valence-electron chi connectivity index (χ4n) is 4.44. The molecule has 0 N–H and O–H groups in total. The molecule has 4 heterocycles. The van der Waals surface area contributed by atoms with Crippen LogP contribution in [0.4, 0.5) is 17.6 Å². The summed E-state index contributed by atoms with van der Waals surface area (Å²) in [6.07, 6.45) is 2.12. The maximum absolute atomic E-state index is 11.0. The van der Waals surface area contributed by atoms with Crippen molar-refractivity contribution in [1.29, 1.82) is 0 Å². The fraction of sp³-hybridized carbons (Fsp3) is 0.550. The summed E-state index contributed by atoms with van der Waals surface area (Å²) in [7, 11) is 0. The van der Waals surface area contributed by atoms with Crippen molar-refractivity contribution < 1.29 is 14.4 Å². The van der Waals surface area contributed by atoms with Gasteiger partial charge in [-0.05, 0) is 31.9 Å². The predicted octanol–water partition coefficient (Wildman–Crippen LogP) is 2.04. The van der Waals surface area contributed by atoms with Crippen LogP contribution in [0.15, 0.2) is 24.3 Å². The van der Waals surface area contributed by atoms with Crippen molar-refractivity contribution in [1.82, 2.24) is 15.0 Å². The summed E-state index contributed by atoms with van der Waals surface area (Å²) in [6.45, 7) is 5.40. The molecule has 0 amide bonds. The van der Waals surface area contributed by atoms with Crippen LogP contribution < -0.4 is 9.80 Å². The Morgan fingerprint density at radius 1 is 1.00 bits per heavy atom. The highest BCUT2D eigenvalue weighted by molar-refractivity contribution is 5.61. The Hall–Kier alpha value is -2.85. The Kier molecular flexibility index (Phi) is 4.95. The number of nitrogens with zero attached hydrogens (tertiary/aromatic N) is 6. The lowest BCUT2D eigenvalue weighted by atomic mass is 10.2. The summed E-state index contributed by atoms with van der Waals surface area (Å²) < 4.78 is 11.3. The van der Waals surface area contributed by atoms with Crippen LogP contribution in [0.3, 0.4) is 0 Å². The van der Waals surface area contributed by atoms with Gasteiger partial charge in [0.15, 0.2) is 5.82 Å². The molecule has 3 fully saturated rings. The number of non-ortho nitro benzene ring substituents is 1. The van der Waals surface area contributed by atoms with Gasteiger partial charge >= 0.3 is 0 Å². The van der Waals surface area contributed by atoms with E-state index in [4.69, 9.17) is 24.4 Å². The van der Waals surface area contributed by atoms with Gasteiger partial charge in [-0.25, -0.2) is 0 Å². The zero-order valence-electron chi connectivity index (χ0n) is 16.8. The van der Waals surface area contributed by atoms with Gasteiger partial charge in [0.2, 0.25) is 11.9 Å². The van der Waals surface area contributed by atoms with E-state index in [1.807, 2.05) is 0 Å². The highest BCUT2D eigenvalue weighted by atomic mass is 16.6. The number of benzene rings is 1. The first-order valence-electron chi connectivity index (χ1n) is 10.3. The summed E-state index contributed by atoms with van der Waals surface area (Å²) >= 11 is 0. The van der Waals surface area contributed by atoms with Crippen molar-refractivity contribution in [2.24, 2.45) is 0 Å². The van der Waals surface area contributed by atoms with Crippen LogP contribution in [0.2, 0.25) is 0 Å². The first-order chi connectivity index (χ1) is 14.6. The van der Waals surface area contributed by atoms with Gasteiger partial charge in [-0.3, -0.25) is 10.1 Å². The average Bonchev–Trinajstić information content (AvgIpc) is 3.02. The van der Waals surface area contributed by atoms with Gasteiger partial charge in [0, 0.05) is 24.2 Å². The second kappa shape index (κ2) is 7.77. The van der Waals surface area contributed by atoms with Gasteiger partial charge in [-0.15, -0.1) is 0 Å². The van der Waals surface area contributed by atoms with Crippen molar-refractivity contribution in [3.05, 3.63) is 34.4 Å². The maximum atomic E-state index is 11.0. The molecule has 10 nitrogen and oxygen atoms in total. The monoisotopic (exact) mass is 412 g/mol. The molecule has 3 atom stereocenters. The largest absolute Gasteiger partial charge is 0.377 e. The summed E-state index contributed by atoms with van der Waals surface area (Å²) in [5.74, 6) is 1.80. The number of anilines is 2. The number of morpholine rings is 2. The van der Waals surface area contributed by atoms with E-state index in [9.17, 15) is 10.1 Å². The molecule has 1 aromatic carbocycles. The summed E-state index contributed by atoms with van der Waals surface area (Å²) in [4.78, 5) is 29.4. The van der Waals surface area contributed by atoms with E-state index in [0.717, 1.165) is 18.4 Å². The molecule has 1 aromatic heterocycles. The molecule has 3 aliphatic rings. The fourth-order valence-corrected chi connectivity index (χ4v) is 4.44. The molecule has 3 unspecified atom stereocenters. The van der Waals surface area contributed by atoms with Crippen LogP contribution in [-0.2, 0) is 9.47 Å². The van der Waals surface area contributed by atoms with E-state index < -0.39 is 4.92 Å². The molecule has 3 aliphatic heterocycles. The van der Waals surface area contributed by atoms with Crippen LogP contribution in [-0.4, -0.2) is 71.0 Å². The number of ether oxygens (including phenoxy) is 2. The Balaban J connectivity index is 1.57. The zero-order valence-corrected chi connectivity index (χ0v) is 16.8. The highest BCUT2D eigenvalue weighted by Gasteiger charge is 2.39. The van der Waals surface area contributed by atoms with E-state index in [1.54, 1.807) is 12.1 Å². The molecule has 2 bridgehead atoms. The summed E-state index contributed by atoms with van der Waals surface area (Å²) in [6, 6.07) is 7.04. The second-order valence-electron chi connectivity index (χ2n) is 8.01. The lowest BCUT2D eigenvalue weighted by Gasteiger charge is -2.36. The third-order valence-electron chi connectivity index (χ3n) is 6.04. The molecule has 0 radical (unpaired) electrons. The first-order valence-corrected chi connectivity index (χ1v) is 10.3. The molecule has 0 saturated carbocycles. The van der Waals surface area contributed by atoms with Crippen LogP contribution >= 0.6 is 0 Å². The van der Waals surface area contributed by atoms with Gasteiger partial charge in [-0.2, -0.15) is 15.0 Å². The Labute approximate surface area is 174 Å². The molecule has 10 heteroatoms. The molecule has 158 valence electrons. The first kappa shape index (κ1) is 19.1. The lowest BCUT2D eigenvalue weighted by molar-refractivity contribution is -0.384. The number of hydrogen-bond donors (Lipinski definition) is 0. The SMILES string of the molecule is CC1COCCN1c1nc(-c2ccc([N+](=O)[O-])cc2)nc(N2C3CCC2COC3)n1. The van der Waals surface area contributed by atoms with Crippen LogP contribution in [0.25, 0.3) is 11.4 Å². The van der Waals surface area contributed by atoms with Crippen molar-refractivity contribution in [2.45, 2.75) is 37.9 Å². The van der Waals surface area contributed by atoms with Gasteiger partial charge in [0.1, 0.15) is 0 Å². The molecular weight excluding hydrogens is 388 g/mol. The van der Waals surface area contributed by atoms with Crippen molar-refractivity contribution >= 4 is 17.6 Å². The standard InChI is InChI=1S/C20H24N6O4/c1-13-10-29-9-8-24(13)19-21-18(14-2-4-15(5-3-14)26(27)28)22-20(23-19)25-16-6-7-17(25)12-30-11-16/h2-5,13,16-17H,6-12H2,1H3. The van der Waals surface area contributed by atoms with E-state index in [2.05, 4.69) is 16.7 Å². The summed E-state index contributed by atoms with van der Waals surface area (Å²) in [5.41, 5.74) is 0.772. The maximum Gasteiger partial charge on any atom is 0.269 e. The van der Waals surface area contributed by atoms with Gasteiger partial charge in [-0.1, -0.05) is 0 Å². The Morgan fingerprint density at radius 2 is 1.70 bits per heavy atom. The highest BCUT2D eigenvalue weighted by Crippen LogP contribution is 2.34. The normalized spacial score (nSPS) is 26.1. The van der Waals surface area contributed by atoms with Gasteiger partial charge in [0.05, 0.1) is 49.5 Å². The summed E-state index contributed by atoms with van der Waals surface area (Å²) in [5, 5.41) is 11.0. The quantitative estimate of drug-likeness (QED) is 0.551. The van der Waals surface area contributed by atoms with Gasteiger partial charge in [0.25, 0.3) is 5.69 Å². The third-order valence-corrected chi connectivity index (χ3v) is 6.04. The molecule has 2 aromatic rings. The zero-order chi connectivity index (χ0) is 20.7. The van der Waals surface area contributed by atoms with Crippen molar-refractivity contribution in [3.63, 3.8) is 0 Å². The molecule has 5 rings (SSSR count). The van der Waals surface area contributed by atoms with Crippen LogP contribution in [0.1, 0.15) is 19.8 Å². The van der Waals surface area contributed by atoms with E-state index in [-0.39, 0.29) is 23.8 Å². The van der Waals surface area contributed by atoms with Crippen LogP contribution in [0.5, 0.6) is 0 Å². The van der Waals surface area contributed by atoms with Crippen molar-refractivity contribution in [3.8, 4) is 11.4 Å². The number of rotatable bonds is 4. The molecule has 30 heavy (non-hydrogen) atoms. The molecular formula is C20H24N6O4. The molecule has 0 aliphatic carbocycles. The van der Waals surface area contributed by atoms with E-state index in [0.29, 0.717) is 50.7 Å². The number of hydrogen-bond acceptors (Lipinski definition) is 9. The number of fused-ring (bicyclic) bond motifs is 2. The molecule has 3 saturated heterocycles. The average molecular weight is 412 g/mol. The number of nitro benzene ring substituents is 1. The van der Waals surface area contributed by atoms with E-state index in [1.165, 1.54) is 12.1 Å². The van der Waals surface area contributed by atoms with Crippen molar-refractivity contribution in [2.75, 3.05) is 42.8 Å². The Bertz CT molecular complexity index is 923. The topological polar surface area (TPSA) is 107 Å². The number of aromatic nitrogens is 3. The van der Waals surface area contributed by atoms with Crippen LogP contribution in [0, 0.1) is 10.1 Å². The third kappa shape index (κ3) is 3.46. The Morgan fingerprint density at radius 3 is 2.37 bits per heavy atom. The minimum Gasteiger partial charge on any atom is -0.377 e. The lowest BCUT2D eigenvalue weighted by Crippen LogP contribution is -2.48. The smallest absolute Gasteiger partial charge is 0.269 e.